The number of terminal acetylenes is 1. The summed E-state index contributed by atoms with van der Waals surface area (Å²) in [5.74, 6) is 8.26. The van der Waals surface area contributed by atoms with E-state index in [0.717, 1.165) is 28.9 Å². The van der Waals surface area contributed by atoms with Crippen LogP contribution in [0.3, 0.4) is 0 Å². The highest BCUT2D eigenvalue weighted by Crippen LogP contribution is 2.26. The van der Waals surface area contributed by atoms with Crippen molar-refractivity contribution >= 4 is 38.2 Å². The van der Waals surface area contributed by atoms with Gasteiger partial charge in [0.15, 0.2) is 5.01 Å². The van der Waals surface area contributed by atoms with Crippen molar-refractivity contribution in [1.29, 1.82) is 0 Å². The standard InChI is InChI=1S/C21H22N6O3S2/c1-2-14-3-4-16-15(11-14)12-19(23-16)32(29,30)27-9-7-25(8-10-27)21(28)20-24-17-5-6-26(22)13-18(17)31-20/h1,3-4,11-12,23H,5-10,13,22H2. The predicted molar refractivity (Wildman–Crippen MR) is 121 cm³/mol. The molecular weight excluding hydrogens is 448 g/mol. The zero-order valence-corrected chi connectivity index (χ0v) is 18.9. The zero-order chi connectivity index (χ0) is 22.5. The second-order valence-corrected chi connectivity index (χ2v) is 10.9. The summed E-state index contributed by atoms with van der Waals surface area (Å²) in [7, 11) is -3.71. The summed E-state index contributed by atoms with van der Waals surface area (Å²) in [4.78, 5) is 23.1. The molecule has 2 aliphatic rings. The molecule has 4 heterocycles. The van der Waals surface area contributed by atoms with Crippen LogP contribution in [0.5, 0.6) is 0 Å². The minimum Gasteiger partial charge on any atom is -0.345 e. The Bertz CT molecular complexity index is 1350. The molecule has 166 valence electrons. The van der Waals surface area contributed by atoms with Crippen molar-refractivity contribution in [2.45, 2.75) is 18.0 Å². The van der Waals surface area contributed by atoms with Crippen LogP contribution in [0.2, 0.25) is 0 Å². The number of hydrogen-bond donors (Lipinski definition) is 2. The van der Waals surface area contributed by atoms with Gasteiger partial charge in [-0.05, 0) is 24.3 Å². The van der Waals surface area contributed by atoms with Gasteiger partial charge in [-0.15, -0.1) is 17.8 Å². The molecule has 0 radical (unpaired) electrons. The number of hydrogen-bond acceptors (Lipinski definition) is 7. The summed E-state index contributed by atoms with van der Waals surface area (Å²) in [5, 5.41) is 3.04. The lowest BCUT2D eigenvalue weighted by atomic mass is 10.2. The number of carbonyl (C=O) groups is 1. The number of H-pyrrole nitrogens is 1. The molecule has 0 bridgehead atoms. The van der Waals surface area contributed by atoms with Gasteiger partial charge in [0.05, 0.1) is 5.69 Å². The normalized spacial score (nSPS) is 17.9. The van der Waals surface area contributed by atoms with Crippen molar-refractivity contribution in [1.82, 2.24) is 24.2 Å². The number of thiazole rings is 1. The Morgan fingerprint density at radius 1 is 1.19 bits per heavy atom. The van der Waals surface area contributed by atoms with Gasteiger partial charge in [0.1, 0.15) is 5.03 Å². The fourth-order valence-corrected chi connectivity index (χ4v) is 6.59. The van der Waals surface area contributed by atoms with Gasteiger partial charge < -0.3 is 9.88 Å². The maximum atomic E-state index is 13.1. The largest absolute Gasteiger partial charge is 0.345 e. The molecule has 5 rings (SSSR count). The third-order valence-corrected chi connectivity index (χ3v) is 8.74. The average Bonchev–Trinajstić information content (AvgIpc) is 3.42. The molecule has 11 heteroatoms. The van der Waals surface area contributed by atoms with Gasteiger partial charge in [-0.1, -0.05) is 5.92 Å². The molecule has 0 spiro atoms. The van der Waals surface area contributed by atoms with Crippen molar-refractivity contribution in [3.63, 3.8) is 0 Å². The first-order valence-corrected chi connectivity index (χ1v) is 12.5. The monoisotopic (exact) mass is 470 g/mol. The number of nitrogens with one attached hydrogen (secondary N) is 1. The SMILES string of the molecule is C#Cc1ccc2[nH]c(S(=O)(=O)N3CCN(C(=O)c4nc5c(s4)CN(N)CC5)CC3)cc2c1. The van der Waals surface area contributed by atoms with Crippen LogP contribution in [0.1, 0.15) is 25.9 Å². The lowest BCUT2D eigenvalue weighted by molar-refractivity contribution is 0.0697. The molecule has 9 nitrogen and oxygen atoms in total. The molecule has 3 N–H and O–H groups in total. The van der Waals surface area contributed by atoms with E-state index in [1.54, 1.807) is 34.2 Å². The second kappa shape index (κ2) is 7.99. The molecule has 1 saturated heterocycles. The van der Waals surface area contributed by atoms with E-state index in [2.05, 4.69) is 15.9 Å². The molecule has 32 heavy (non-hydrogen) atoms. The number of aromatic nitrogens is 2. The Morgan fingerprint density at radius 2 is 1.97 bits per heavy atom. The Morgan fingerprint density at radius 3 is 2.72 bits per heavy atom. The van der Waals surface area contributed by atoms with Gasteiger partial charge in [0.2, 0.25) is 0 Å². The summed E-state index contributed by atoms with van der Waals surface area (Å²) in [6.07, 6.45) is 6.17. The molecule has 2 aromatic heterocycles. The van der Waals surface area contributed by atoms with E-state index in [4.69, 9.17) is 12.3 Å². The van der Waals surface area contributed by atoms with Crippen molar-refractivity contribution in [3.05, 3.63) is 45.4 Å². The van der Waals surface area contributed by atoms with Crippen molar-refractivity contribution in [2.75, 3.05) is 32.7 Å². The molecule has 1 aromatic carbocycles. The molecule has 3 aromatic rings. The number of nitrogens with zero attached hydrogens (tertiary/aromatic N) is 4. The number of sulfonamides is 1. The smallest absolute Gasteiger partial charge is 0.282 e. The number of rotatable bonds is 3. The van der Waals surface area contributed by atoms with Crippen LogP contribution in [0, 0.1) is 12.3 Å². The average molecular weight is 471 g/mol. The van der Waals surface area contributed by atoms with E-state index in [1.165, 1.54) is 15.6 Å². The van der Waals surface area contributed by atoms with E-state index < -0.39 is 10.0 Å². The van der Waals surface area contributed by atoms with Crippen molar-refractivity contribution in [3.8, 4) is 12.3 Å². The lowest BCUT2D eigenvalue weighted by Gasteiger charge is -2.33. The number of hydrazine groups is 1. The van der Waals surface area contributed by atoms with Gasteiger partial charge in [-0.25, -0.2) is 18.4 Å². The molecule has 1 amide bonds. The highest BCUT2D eigenvalue weighted by Gasteiger charge is 2.33. The van der Waals surface area contributed by atoms with Crippen LogP contribution in [-0.2, 0) is 23.0 Å². The van der Waals surface area contributed by atoms with Crippen LogP contribution in [0.15, 0.2) is 29.3 Å². The number of amides is 1. The van der Waals surface area contributed by atoms with Gasteiger partial charge in [-0.2, -0.15) is 4.31 Å². The summed E-state index contributed by atoms with van der Waals surface area (Å²) in [5.41, 5.74) is 2.34. The third-order valence-electron chi connectivity index (χ3n) is 5.85. The van der Waals surface area contributed by atoms with Crippen LogP contribution in [0.25, 0.3) is 10.9 Å². The maximum Gasteiger partial charge on any atom is 0.282 e. The minimum atomic E-state index is -3.71. The second-order valence-electron chi connectivity index (χ2n) is 7.89. The van der Waals surface area contributed by atoms with Crippen molar-refractivity contribution < 1.29 is 13.2 Å². The molecule has 0 unspecified atom stereocenters. The number of aromatic amines is 1. The van der Waals surface area contributed by atoms with E-state index in [0.29, 0.717) is 35.7 Å². The summed E-state index contributed by atoms with van der Waals surface area (Å²) < 4.78 is 27.7. The van der Waals surface area contributed by atoms with E-state index >= 15 is 0 Å². The zero-order valence-electron chi connectivity index (χ0n) is 17.2. The van der Waals surface area contributed by atoms with Crippen LogP contribution < -0.4 is 5.84 Å². The highest BCUT2D eigenvalue weighted by atomic mass is 32.2. The maximum absolute atomic E-state index is 13.1. The number of fused-ring (bicyclic) bond motifs is 2. The molecule has 0 atom stereocenters. The number of carbonyl (C=O) groups excluding carboxylic acids is 1. The van der Waals surface area contributed by atoms with Crippen LogP contribution >= 0.6 is 11.3 Å². The molecule has 0 aliphatic carbocycles. The Hall–Kier alpha value is -2.75. The Kier molecular flexibility index (Phi) is 5.27. The first-order chi connectivity index (χ1) is 15.3. The number of benzene rings is 1. The number of nitrogens with two attached hydrogens (primary N) is 1. The van der Waals surface area contributed by atoms with Gasteiger partial charge in [0.25, 0.3) is 15.9 Å². The topological polar surface area (TPSA) is 116 Å². The highest BCUT2D eigenvalue weighted by molar-refractivity contribution is 7.89. The summed E-state index contributed by atoms with van der Waals surface area (Å²) >= 11 is 1.37. The van der Waals surface area contributed by atoms with E-state index in [9.17, 15) is 13.2 Å². The first-order valence-electron chi connectivity index (χ1n) is 10.2. The number of piperazine rings is 1. The minimum absolute atomic E-state index is 0.125. The van der Waals surface area contributed by atoms with Gasteiger partial charge in [0, 0.05) is 67.0 Å². The van der Waals surface area contributed by atoms with Gasteiger partial charge >= 0.3 is 0 Å². The molecular formula is C21H22N6O3S2. The fourth-order valence-electron chi connectivity index (χ4n) is 4.05. The summed E-state index contributed by atoms with van der Waals surface area (Å²) in [6, 6.07) is 6.92. The summed E-state index contributed by atoms with van der Waals surface area (Å²) in [6.45, 7) is 2.39. The molecule has 0 saturated carbocycles. The van der Waals surface area contributed by atoms with E-state index in [-0.39, 0.29) is 24.0 Å². The Balaban J connectivity index is 1.29. The molecule has 1 fully saturated rings. The van der Waals surface area contributed by atoms with Crippen LogP contribution in [-0.4, -0.2) is 71.2 Å². The van der Waals surface area contributed by atoms with Crippen LogP contribution in [0.4, 0.5) is 0 Å². The first kappa shape index (κ1) is 21.1. The predicted octanol–water partition coefficient (Wildman–Crippen LogP) is 0.984. The van der Waals surface area contributed by atoms with E-state index in [1.807, 2.05) is 0 Å². The lowest BCUT2D eigenvalue weighted by Crippen LogP contribution is -2.50. The van der Waals surface area contributed by atoms with Crippen molar-refractivity contribution in [2.24, 2.45) is 5.84 Å². The molecule has 2 aliphatic heterocycles. The van der Waals surface area contributed by atoms with Gasteiger partial charge in [-0.3, -0.25) is 10.6 Å². The Labute approximate surface area is 189 Å². The third kappa shape index (κ3) is 3.70. The fraction of sp³-hybridized carbons (Fsp3) is 0.333. The quantitative estimate of drug-likeness (QED) is 0.436.